The van der Waals surface area contributed by atoms with Gasteiger partial charge in [0, 0.05) is 32.7 Å². The minimum atomic E-state index is -0.0213. The second kappa shape index (κ2) is 5.90. The van der Waals surface area contributed by atoms with Crippen molar-refractivity contribution in [3.63, 3.8) is 0 Å². The van der Waals surface area contributed by atoms with Gasteiger partial charge in [-0.3, -0.25) is 4.90 Å². The number of aliphatic hydroxyl groups excluding tert-OH is 1. The molecule has 1 aromatic rings. The minimum absolute atomic E-state index is 0.0213. The molecule has 0 bridgehead atoms. The SMILES string of the molecule is OCC1(CN2CCN(c3ccccc3Cl)CC2)COC1. The summed E-state index contributed by atoms with van der Waals surface area (Å²) in [6.07, 6.45) is 0. The molecular formula is C15H21ClN2O2. The smallest absolute Gasteiger partial charge is 0.0639 e. The number of anilines is 1. The van der Waals surface area contributed by atoms with Crippen LogP contribution in [0.1, 0.15) is 0 Å². The number of piperazine rings is 1. The van der Waals surface area contributed by atoms with Crippen LogP contribution in [0.15, 0.2) is 24.3 Å². The Morgan fingerprint density at radius 1 is 1.15 bits per heavy atom. The zero-order valence-corrected chi connectivity index (χ0v) is 12.4. The van der Waals surface area contributed by atoms with E-state index in [2.05, 4.69) is 15.9 Å². The second-order valence-electron chi connectivity index (χ2n) is 5.87. The lowest BCUT2D eigenvalue weighted by molar-refractivity contribution is -0.148. The third kappa shape index (κ3) is 2.79. The topological polar surface area (TPSA) is 35.9 Å². The highest BCUT2D eigenvalue weighted by atomic mass is 35.5. The number of hydrogen-bond acceptors (Lipinski definition) is 4. The third-order valence-electron chi connectivity index (χ3n) is 4.28. The van der Waals surface area contributed by atoms with E-state index in [4.69, 9.17) is 16.3 Å². The molecule has 110 valence electrons. The minimum Gasteiger partial charge on any atom is -0.396 e. The quantitative estimate of drug-likeness (QED) is 0.913. The van der Waals surface area contributed by atoms with Crippen molar-refractivity contribution < 1.29 is 9.84 Å². The van der Waals surface area contributed by atoms with Crippen molar-refractivity contribution in [3.8, 4) is 0 Å². The van der Waals surface area contributed by atoms with Crippen LogP contribution in [0.2, 0.25) is 5.02 Å². The van der Waals surface area contributed by atoms with E-state index in [1.54, 1.807) is 0 Å². The molecule has 2 heterocycles. The predicted octanol–water partition coefficient (Wildman–Crippen LogP) is 1.47. The fourth-order valence-electron chi connectivity index (χ4n) is 2.95. The van der Waals surface area contributed by atoms with Crippen LogP contribution >= 0.6 is 11.6 Å². The van der Waals surface area contributed by atoms with Crippen molar-refractivity contribution in [2.75, 3.05) is 57.4 Å². The summed E-state index contributed by atoms with van der Waals surface area (Å²) in [5.74, 6) is 0. The number of benzene rings is 1. The van der Waals surface area contributed by atoms with Crippen molar-refractivity contribution in [3.05, 3.63) is 29.3 Å². The third-order valence-corrected chi connectivity index (χ3v) is 4.60. The molecule has 0 aromatic heterocycles. The summed E-state index contributed by atoms with van der Waals surface area (Å²) < 4.78 is 5.26. The van der Waals surface area contributed by atoms with E-state index in [0.717, 1.165) is 43.4 Å². The van der Waals surface area contributed by atoms with E-state index >= 15 is 0 Å². The van der Waals surface area contributed by atoms with E-state index in [0.29, 0.717) is 13.2 Å². The van der Waals surface area contributed by atoms with Gasteiger partial charge < -0.3 is 14.7 Å². The highest BCUT2D eigenvalue weighted by molar-refractivity contribution is 6.33. The number of nitrogens with zero attached hydrogens (tertiary/aromatic N) is 2. The lowest BCUT2D eigenvalue weighted by Crippen LogP contribution is -2.57. The van der Waals surface area contributed by atoms with Gasteiger partial charge in [0.1, 0.15) is 0 Å². The first kappa shape index (κ1) is 14.1. The average Bonchev–Trinajstić information content (AvgIpc) is 2.44. The molecular weight excluding hydrogens is 276 g/mol. The molecule has 1 N–H and O–H groups in total. The van der Waals surface area contributed by atoms with E-state index in [-0.39, 0.29) is 12.0 Å². The van der Waals surface area contributed by atoms with Gasteiger partial charge in [-0.05, 0) is 12.1 Å². The molecule has 1 aromatic carbocycles. The molecule has 0 atom stereocenters. The fraction of sp³-hybridized carbons (Fsp3) is 0.600. The van der Waals surface area contributed by atoms with Gasteiger partial charge in [0.25, 0.3) is 0 Å². The normalized spacial score (nSPS) is 22.6. The van der Waals surface area contributed by atoms with Crippen LogP contribution in [0.25, 0.3) is 0 Å². The van der Waals surface area contributed by atoms with Gasteiger partial charge in [-0.1, -0.05) is 23.7 Å². The number of hydrogen-bond donors (Lipinski definition) is 1. The summed E-state index contributed by atoms with van der Waals surface area (Å²) in [4.78, 5) is 4.76. The van der Waals surface area contributed by atoms with Crippen molar-refractivity contribution in [1.29, 1.82) is 0 Å². The molecule has 3 rings (SSSR count). The van der Waals surface area contributed by atoms with Gasteiger partial charge in [-0.25, -0.2) is 0 Å². The number of halogens is 1. The lowest BCUT2D eigenvalue weighted by atomic mass is 9.86. The number of aliphatic hydroxyl groups is 1. The van der Waals surface area contributed by atoms with Gasteiger partial charge in [0.2, 0.25) is 0 Å². The Kier molecular flexibility index (Phi) is 4.17. The maximum atomic E-state index is 9.50. The molecule has 5 heteroatoms. The molecule has 20 heavy (non-hydrogen) atoms. The summed E-state index contributed by atoms with van der Waals surface area (Å²) in [6, 6.07) is 8.01. The molecule has 2 aliphatic rings. The highest BCUT2D eigenvalue weighted by Gasteiger charge is 2.40. The maximum Gasteiger partial charge on any atom is 0.0639 e. The summed E-state index contributed by atoms with van der Waals surface area (Å²) in [5, 5.41) is 10.3. The summed E-state index contributed by atoms with van der Waals surface area (Å²) >= 11 is 6.25. The van der Waals surface area contributed by atoms with Crippen LogP contribution in [-0.4, -0.2) is 62.6 Å². The Morgan fingerprint density at radius 3 is 2.40 bits per heavy atom. The van der Waals surface area contributed by atoms with Gasteiger partial charge in [0.15, 0.2) is 0 Å². The van der Waals surface area contributed by atoms with Crippen LogP contribution in [0.5, 0.6) is 0 Å². The Hall–Kier alpha value is -0.810. The maximum absolute atomic E-state index is 9.50. The van der Waals surface area contributed by atoms with Gasteiger partial charge in [-0.2, -0.15) is 0 Å². The molecule has 0 saturated carbocycles. The Morgan fingerprint density at radius 2 is 1.85 bits per heavy atom. The van der Waals surface area contributed by atoms with Gasteiger partial charge >= 0.3 is 0 Å². The molecule has 0 radical (unpaired) electrons. The first-order valence-corrected chi connectivity index (χ1v) is 7.51. The molecule has 2 fully saturated rings. The second-order valence-corrected chi connectivity index (χ2v) is 6.27. The van der Waals surface area contributed by atoms with Gasteiger partial charge in [0.05, 0.1) is 35.9 Å². The van der Waals surface area contributed by atoms with Crippen LogP contribution in [0.4, 0.5) is 5.69 Å². The monoisotopic (exact) mass is 296 g/mol. The van der Waals surface area contributed by atoms with Crippen molar-refractivity contribution in [2.24, 2.45) is 5.41 Å². The van der Waals surface area contributed by atoms with Gasteiger partial charge in [-0.15, -0.1) is 0 Å². The van der Waals surface area contributed by atoms with E-state index in [9.17, 15) is 5.11 Å². The highest BCUT2D eigenvalue weighted by Crippen LogP contribution is 2.30. The molecule has 2 aliphatic heterocycles. The standard InChI is InChI=1S/C15H21ClN2O2/c16-13-3-1-2-4-14(13)18-7-5-17(6-8-18)9-15(10-19)11-20-12-15/h1-4,19H,5-12H2. The fourth-order valence-corrected chi connectivity index (χ4v) is 3.21. The average molecular weight is 297 g/mol. The molecule has 2 saturated heterocycles. The zero-order chi connectivity index (χ0) is 14.0. The summed E-state index contributed by atoms with van der Waals surface area (Å²) in [5.41, 5.74) is 1.10. The summed E-state index contributed by atoms with van der Waals surface area (Å²) in [6.45, 7) is 6.50. The first-order chi connectivity index (χ1) is 9.72. The van der Waals surface area contributed by atoms with Crippen LogP contribution in [0, 0.1) is 5.41 Å². The molecule has 0 aliphatic carbocycles. The molecule has 0 unspecified atom stereocenters. The van der Waals surface area contributed by atoms with Crippen molar-refractivity contribution in [2.45, 2.75) is 0 Å². The molecule has 0 spiro atoms. The molecule has 4 nitrogen and oxygen atoms in total. The number of rotatable bonds is 4. The van der Waals surface area contributed by atoms with Crippen LogP contribution < -0.4 is 4.90 Å². The Labute approximate surface area is 124 Å². The summed E-state index contributed by atoms with van der Waals surface area (Å²) in [7, 11) is 0. The van der Waals surface area contributed by atoms with E-state index in [1.165, 1.54) is 0 Å². The van der Waals surface area contributed by atoms with E-state index in [1.807, 2.05) is 18.2 Å². The van der Waals surface area contributed by atoms with E-state index < -0.39 is 0 Å². The Balaban J connectivity index is 1.56. The number of para-hydroxylation sites is 1. The predicted molar refractivity (Wildman–Crippen MR) is 80.4 cm³/mol. The lowest BCUT2D eigenvalue weighted by Gasteiger charge is -2.45. The van der Waals surface area contributed by atoms with Crippen LogP contribution in [-0.2, 0) is 4.74 Å². The number of ether oxygens (including phenoxy) is 1. The van der Waals surface area contributed by atoms with Crippen LogP contribution in [0.3, 0.4) is 0 Å². The molecule has 0 amide bonds. The van der Waals surface area contributed by atoms with Crippen molar-refractivity contribution >= 4 is 17.3 Å². The zero-order valence-electron chi connectivity index (χ0n) is 11.6. The van der Waals surface area contributed by atoms with Crippen molar-refractivity contribution in [1.82, 2.24) is 4.90 Å². The largest absolute Gasteiger partial charge is 0.396 e. The first-order valence-electron chi connectivity index (χ1n) is 7.13. The Bertz CT molecular complexity index is 451.